The molecule has 0 bridgehead atoms. The minimum Gasteiger partial charge on any atom is -0.496 e. The van der Waals surface area contributed by atoms with Gasteiger partial charge in [-0.3, -0.25) is 0 Å². The van der Waals surface area contributed by atoms with E-state index in [2.05, 4.69) is 46.4 Å². The SMILES string of the molecule is CCCNC(Cc1ccc(OC)c(Br)c1)C1C2CCCC21. The van der Waals surface area contributed by atoms with Gasteiger partial charge in [0, 0.05) is 6.04 Å². The Kier molecular flexibility index (Phi) is 4.90. The molecule has 3 rings (SSSR count). The standard InChI is InChI=1S/C18H26BrNO/c1-3-9-20-16(18-13-5-4-6-14(13)18)11-12-7-8-17(21-2)15(19)10-12/h7-8,10,13-14,16,18,20H,3-6,9,11H2,1-2H3. The average molecular weight is 352 g/mol. The molecule has 2 aliphatic carbocycles. The molecule has 0 radical (unpaired) electrons. The lowest BCUT2D eigenvalue weighted by Gasteiger charge is -2.21. The molecule has 0 saturated heterocycles. The number of methoxy groups -OCH3 is 1. The molecular weight excluding hydrogens is 326 g/mol. The summed E-state index contributed by atoms with van der Waals surface area (Å²) >= 11 is 3.61. The van der Waals surface area contributed by atoms with Crippen LogP contribution in [0.4, 0.5) is 0 Å². The van der Waals surface area contributed by atoms with Crippen LogP contribution in [0.2, 0.25) is 0 Å². The second-order valence-corrected chi connectivity index (χ2v) is 7.42. The number of nitrogens with one attached hydrogen (secondary N) is 1. The largest absolute Gasteiger partial charge is 0.496 e. The molecule has 2 saturated carbocycles. The van der Waals surface area contributed by atoms with Crippen LogP contribution in [0.25, 0.3) is 0 Å². The van der Waals surface area contributed by atoms with E-state index in [0.29, 0.717) is 6.04 Å². The first-order valence-corrected chi connectivity index (χ1v) is 9.09. The van der Waals surface area contributed by atoms with E-state index in [4.69, 9.17) is 4.74 Å². The fourth-order valence-electron chi connectivity index (χ4n) is 4.24. The molecule has 2 fully saturated rings. The van der Waals surface area contributed by atoms with E-state index in [-0.39, 0.29) is 0 Å². The topological polar surface area (TPSA) is 21.3 Å². The molecule has 116 valence electrons. The zero-order chi connectivity index (χ0) is 14.8. The Morgan fingerprint density at radius 3 is 2.71 bits per heavy atom. The Morgan fingerprint density at radius 1 is 1.33 bits per heavy atom. The van der Waals surface area contributed by atoms with Crippen LogP contribution >= 0.6 is 15.9 Å². The molecule has 2 aliphatic rings. The molecule has 0 aliphatic heterocycles. The molecule has 1 N–H and O–H groups in total. The van der Waals surface area contributed by atoms with Crippen molar-refractivity contribution in [2.75, 3.05) is 13.7 Å². The number of rotatable bonds is 7. The zero-order valence-corrected chi connectivity index (χ0v) is 14.7. The van der Waals surface area contributed by atoms with Crippen molar-refractivity contribution in [2.45, 2.75) is 45.1 Å². The van der Waals surface area contributed by atoms with E-state index in [1.807, 2.05) is 0 Å². The summed E-state index contributed by atoms with van der Waals surface area (Å²) in [5, 5.41) is 3.81. The predicted octanol–water partition coefficient (Wildman–Crippen LogP) is 4.41. The first-order chi connectivity index (χ1) is 10.2. The van der Waals surface area contributed by atoms with Crippen LogP contribution < -0.4 is 10.1 Å². The summed E-state index contributed by atoms with van der Waals surface area (Å²) in [5.41, 5.74) is 1.40. The summed E-state index contributed by atoms with van der Waals surface area (Å²) in [6.07, 6.45) is 6.74. The van der Waals surface area contributed by atoms with Gasteiger partial charge in [-0.15, -0.1) is 0 Å². The number of fused-ring (bicyclic) bond motifs is 1. The van der Waals surface area contributed by atoms with Crippen LogP contribution in [-0.4, -0.2) is 19.7 Å². The quantitative estimate of drug-likeness (QED) is 0.785. The van der Waals surface area contributed by atoms with Crippen molar-refractivity contribution in [3.63, 3.8) is 0 Å². The summed E-state index contributed by atoms with van der Waals surface area (Å²) in [4.78, 5) is 0. The van der Waals surface area contributed by atoms with Gasteiger partial charge in [-0.2, -0.15) is 0 Å². The van der Waals surface area contributed by atoms with Gasteiger partial charge >= 0.3 is 0 Å². The molecule has 3 heteroatoms. The highest BCUT2D eigenvalue weighted by atomic mass is 79.9. The summed E-state index contributed by atoms with van der Waals surface area (Å²) in [6, 6.07) is 7.16. The predicted molar refractivity (Wildman–Crippen MR) is 90.8 cm³/mol. The van der Waals surface area contributed by atoms with Gasteiger partial charge in [0.15, 0.2) is 0 Å². The van der Waals surface area contributed by atoms with E-state index in [0.717, 1.165) is 40.9 Å². The van der Waals surface area contributed by atoms with Gasteiger partial charge in [-0.25, -0.2) is 0 Å². The normalized spacial score (nSPS) is 28.2. The highest BCUT2D eigenvalue weighted by Crippen LogP contribution is 2.59. The summed E-state index contributed by atoms with van der Waals surface area (Å²) < 4.78 is 6.39. The fraction of sp³-hybridized carbons (Fsp3) is 0.667. The number of hydrogen-bond donors (Lipinski definition) is 1. The van der Waals surface area contributed by atoms with Crippen molar-refractivity contribution >= 4 is 15.9 Å². The highest BCUT2D eigenvalue weighted by molar-refractivity contribution is 9.10. The number of ether oxygens (including phenoxy) is 1. The molecule has 3 unspecified atom stereocenters. The van der Waals surface area contributed by atoms with Gasteiger partial charge in [0.2, 0.25) is 0 Å². The van der Waals surface area contributed by atoms with Crippen molar-refractivity contribution in [3.05, 3.63) is 28.2 Å². The maximum atomic E-state index is 5.33. The molecule has 1 aromatic rings. The molecule has 21 heavy (non-hydrogen) atoms. The minimum atomic E-state index is 0.653. The van der Waals surface area contributed by atoms with Gasteiger partial charge < -0.3 is 10.1 Å². The van der Waals surface area contributed by atoms with Crippen LogP contribution in [-0.2, 0) is 6.42 Å². The Hall–Kier alpha value is -0.540. The summed E-state index contributed by atoms with van der Waals surface area (Å²) in [7, 11) is 1.72. The van der Waals surface area contributed by atoms with E-state index < -0.39 is 0 Å². The zero-order valence-electron chi connectivity index (χ0n) is 13.1. The second-order valence-electron chi connectivity index (χ2n) is 6.57. The van der Waals surface area contributed by atoms with Crippen molar-refractivity contribution in [1.29, 1.82) is 0 Å². The monoisotopic (exact) mass is 351 g/mol. The lowest BCUT2D eigenvalue weighted by Crippen LogP contribution is -2.35. The first kappa shape index (κ1) is 15.4. The third-order valence-electron chi connectivity index (χ3n) is 5.27. The number of hydrogen-bond acceptors (Lipinski definition) is 2. The van der Waals surface area contributed by atoms with Gasteiger partial charge in [-0.05, 0) is 83.6 Å². The molecule has 0 heterocycles. The highest BCUT2D eigenvalue weighted by Gasteiger charge is 2.55. The Balaban J connectivity index is 1.67. The fourth-order valence-corrected chi connectivity index (χ4v) is 4.83. The van der Waals surface area contributed by atoms with Gasteiger partial charge in [0.05, 0.1) is 11.6 Å². The average Bonchev–Trinajstić information content (AvgIpc) is 2.95. The lowest BCUT2D eigenvalue weighted by atomic mass is 9.97. The van der Waals surface area contributed by atoms with E-state index in [1.54, 1.807) is 7.11 Å². The number of benzene rings is 1. The third-order valence-corrected chi connectivity index (χ3v) is 5.89. The molecule has 0 spiro atoms. The minimum absolute atomic E-state index is 0.653. The molecule has 1 aromatic carbocycles. The Bertz CT molecular complexity index is 480. The second kappa shape index (κ2) is 6.70. The lowest BCUT2D eigenvalue weighted by molar-refractivity contribution is 0.401. The maximum Gasteiger partial charge on any atom is 0.133 e. The van der Waals surface area contributed by atoms with Crippen molar-refractivity contribution in [3.8, 4) is 5.75 Å². The summed E-state index contributed by atoms with van der Waals surface area (Å²) in [6.45, 7) is 3.39. The van der Waals surface area contributed by atoms with Crippen molar-refractivity contribution in [2.24, 2.45) is 17.8 Å². The van der Waals surface area contributed by atoms with Crippen molar-refractivity contribution < 1.29 is 4.74 Å². The summed E-state index contributed by atoms with van der Waals surface area (Å²) in [5.74, 6) is 3.87. The van der Waals surface area contributed by atoms with Gasteiger partial charge in [0.25, 0.3) is 0 Å². The van der Waals surface area contributed by atoms with Crippen LogP contribution in [0.1, 0.15) is 38.2 Å². The van der Waals surface area contributed by atoms with Crippen LogP contribution in [0.5, 0.6) is 5.75 Å². The Morgan fingerprint density at radius 2 is 2.10 bits per heavy atom. The Labute approximate surface area is 136 Å². The van der Waals surface area contributed by atoms with Crippen LogP contribution in [0, 0.1) is 17.8 Å². The smallest absolute Gasteiger partial charge is 0.133 e. The van der Waals surface area contributed by atoms with Crippen LogP contribution in [0.3, 0.4) is 0 Å². The first-order valence-electron chi connectivity index (χ1n) is 8.30. The maximum absolute atomic E-state index is 5.33. The molecule has 3 atom stereocenters. The third kappa shape index (κ3) is 3.29. The van der Waals surface area contributed by atoms with Crippen molar-refractivity contribution in [1.82, 2.24) is 5.32 Å². The van der Waals surface area contributed by atoms with E-state index in [1.165, 1.54) is 31.2 Å². The van der Waals surface area contributed by atoms with E-state index >= 15 is 0 Å². The van der Waals surface area contributed by atoms with Crippen LogP contribution in [0.15, 0.2) is 22.7 Å². The molecule has 0 aromatic heterocycles. The van der Waals surface area contributed by atoms with Gasteiger partial charge in [0.1, 0.15) is 5.75 Å². The molecule has 0 amide bonds. The molecule has 2 nitrogen and oxygen atoms in total. The molecular formula is C18H26BrNO. The van der Waals surface area contributed by atoms with E-state index in [9.17, 15) is 0 Å². The van der Waals surface area contributed by atoms with Gasteiger partial charge in [-0.1, -0.05) is 19.4 Å². The number of halogens is 1.